The highest BCUT2D eigenvalue weighted by Gasteiger charge is 2.29. The maximum absolute atomic E-state index is 6.07. The monoisotopic (exact) mass is 270 g/mol. The summed E-state index contributed by atoms with van der Waals surface area (Å²) in [5.74, 6) is 2.16. The van der Waals surface area contributed by atoms with Crippen molar-refractivity contribution >= 4 is 5.69 Å². The van der Waals surface area contributed by atoms with Crippen LogP contribution in [0.1, 0.15) is 41.6 Å². The Balaban J connectivity index is 1.48. The lowest BCUT2D eigenvalue weighted by atomic mass is 9.98. The molecule has 5 heteroatoms. The summed E-state index contributed by atoms with van der Waals surface area (Å²) in [6.07, 6.45) is 3.43. The van der Waals surface area contributed by atoms with Crippen molar-refractivity contribution in [3.8, 4) is 0 Å². The average Bonchev–Trinajstić information content (AvgIpc) is 3.21. The largest absolute Gasteiger partial charge is 0.398 e. The maximum atomic E-state index is 6.07. The van der Waals surface area contributed by atoms with E-state index in [-0.39, 0.29) is 0 Å². The van der Waals surface area contributed by atoms with Gasteiger partial charge in [0.15, 0.2) is 5.82 Å². The molecule has 2 N–H and O–H groups in total. The summed E-state index contributed by atoms with van der Waals surface area (Å²) in [5.41, 5.74) is 9.57. The molecule has 0 spiro atoms. The third-order valence-electron chi connectivity index (χ3n) is 4.17. The van der Waals surface area contributed by atoms with Gasteiger partial charge in [-0.3, -0.25) is 4.90 Å². The first-order chi connectivity index (χ1) is 9.79. The smallest absolute Gasteiger partial charge is 0.240 e. The van der Waals surface area contributed by atoms with E-state index in [2.05, 4.69) is 21.1 Å². The molecule has 0 bridgehead atoms. The minimum Gasteiger partial charge on any atom is -0.398 e. The second kappa shape index (κ2) is 4.59. The van der Waals surface area contributed by atoms with Gasteiger partial charge < -0.3 is 10.3 Å². The van der Waals surface area contributed by atoms with Gasteiger partial charge in [0.25, 0.3) is 0 Å². The van der Waals surface area contributed by atoms with Crippen molar-refractivity contribution in [1.29, 1.82) is 0 Å². The Labute approximate surface area is 117 Å². The topological polar surface area (TPSA) is 68.2 Å². The van der Waals surface area contributed by atoms with Crippen LogP contribution in [0.25, 0.3) is 0 Å². The standard InChI is InChI=1S/C15H18N4O/c16-13-3-1-2-10-6-7-19(8-12(10)13)9-14-17-15(18-20-14)11-4-5-11/h1-3,11H,4-9,16H2. The molecule has 0 atom stereocenters. The highest BCUT2D eigenvalue weighted by molar-refractivity contribution is 5.51. The van der Waals surface area contributed by atoms with Crippen molar-refractivity contribution in [2.75, 3.05) is 12.3 Å². The van der Waals surface area contributed by atoms with Crippen LogP contribution in [0.4, 0.5) is 5.69 Å². The summed E-state index contributed by atoms with van der Waals surface area (Å²) >= 11 is 0. The number of nitrogens with two attached hydrogens (primary N) is 1. The molecule has 0 amide bonds. The van der Waals surface area contributed by atoms with E-state index in [1.54, 1.807) is 0 Å². The van der Waals surface area contributed by atoms with Gasteiger partial charge in [-0.05, 0) is 36.5 Å². The lowest BCUT2D eigenvalue weighted by Gasteiger charge is -2.28. The molecule has 0 radical (unpaired) electrons. The van der Waals surface area contributed by atoms with Crippen LogP contribution < -0.4 is 5.73 Å². The Kier molecular flexibility index (Phi) is 2.73. The van der Waals surface area contributed by atoms with Crippen LogP contribution in [0.3, 0.4) is 0 Å². The Morgan fingerprint density at radius 2 is 2.25 bits per heavy atom. The Bertz CT molecular complexity index is 633. The summed E-state index contributed by atoms with van der Waals surface area (Å²) in [4.78, 5) is 6.82. The van der Waals surface area contributed by atoms with E-state index >= 15 is 0 Å². The number of hydrogen-bond acceptors (Lipinski definition) is 5. The molecule has 4 rings (SSSR count). The molecule has 1 aliphatic carbocycles. The third-order valence-corrected chi connectivity index (χ3v) is 4.17. The summed E-state index contributed by atoms with van der Waals surface area (Å²) in [6, 6.07) is 6.17. The lowest BCUT2D eigenvalue weighted by molar-refractivity contribution is 0.211. The van der Waals surface area contributed by atoms with E-state index in [1.165, 1.54) is 24.0 Å². The molecule has 2 aromatic rings. The van der Waals surface area contributed by atoms with Crippen LogP contribution in [-0.2, 0) is 19.5 Å². The molecule has 1 aromatic heterocycles. The predicted octanol–water partition coefficient (Wildman–Crippen LogP) is 2.09. The highest BCUT2D eigenvalue weighted by atomic mass is 16.5. The molecule has 104 valence electrons. The minimum absolute atomic E-state index is 0.547. The van der Waals surface area contributed by atoms with E-state index in [0.717, 1.165) is 36.9 Å². The summed E-state index contributed by atoms with van der Waals surface area (Å²) < 4.78 is 5.35. The van der Waals surface area contributed by atoms with Gasteiger partial charge >= 0.3 is 0 Å². The van der Waals surface area contributed by atoms with Gasteiger partial charge in [0.2, 0.25) is 5.89 Å². The molecule has 5 nitrogen and oxygen atoms in total. The molecule has 1 saturated carbocycles. The van der Waals surface area contributed by atoms with Gasteiger partial charge in [-0.25, -0.2) is 0 Å². The average molecular weight is 270 g/mol. The molecule has 0 unspecified atom stereocenters. The fourth-order valence-electron chi connectivity index (χ4n) is 2.83. The van der Waals surface area contributed by atoms with Crippen molar-refractivity contribution < 1.29 is 4.52 Å². The van der Waals surface area contributed by atoms with Gasteiger partial charge in [-0.15, -0.1) is 0 Å². The van der Waals surface area contributed by atoms with E-state index in [1.807, 2.05) is 12.1 Å². The zero-order valence-corrected chi connectivity index (χ0v) is 11.4. The number of hydrogen-bond donors (Lipinski definition) is 1. The van der Waals surface area contributed by atoms with Gasteiger partial charge in [-0.2, -0.15) is 4.98 Å². The number of benzene rings is 1. The molecule has 0 saturated heterocycles. The van der Waals surface area contributed by atoms with Gasteiger partial charge in [0.1, 0.15) is 0 Å². The fraction of sp³-hybridized carbons (Fsp3) is 0.467. The highest BCUT2D eigenvalue weighted by Crippen LogP contribution is 2.38. The number of rotatable bonds is 3. The van der Waals surface area contributed by atoms with Gasteiger partial charge in [0, 0.05) is 24.7 Å². The number of fused-ring (bicyclic) bond motifs is 1. The van der Waals surface area contributed by atoms with Crippen LogP contribution in [0, 0.1) is 0 Å². The maximum Gasteiger partial charge on any atom is 0.240 e. The molecule has 2 aliphatic rings. The fourth-order valence-corrected chi connectivity index (χ4v) is 2.83. The van der Waals surface area contributed by atoms with Crippen LogP contribution in [-0.4, -0.2) is 21.6 Å². The Morgan fingerprint density at radius 1 is 1.35 bits per heavy atom. The van der Waals surface area contributed by atoms with Crippen LogP contribution in [0.5, 0.6) is 0 Å². The minimum atomic E-state index is 0.547. The van der Waals surface area contributed by atoms with E-state index < -0.39 is 0 Å². The molecule has 1 aliphatic heterocycles. The van der Waals surface area contributed by atoms with E-state index in [9.17, 15) is 0 Å². The van der Waals surface area contributed by atoms with E-state index in [0.29, 0.717) is 12.5 Å². The quantitative estimate of drug-likeness (QED) is 0.865. The Hall–Kier alpha value is -1.88. The zero-order valence-electron chi connectivity index (χ0n) is 11.4. The van der Waals surface area contributed by atoms with Crippen molar-refractivity contribution in [3.63, 3.8) is 0 Å². The molecular formula is C15H18N4O. The third kappa shape index (κ3) is 2.18. The summed E-state index contributed by atoms with van der Waals surface area (Å²) in [7, 11) is 0. The van der Waals surface area contributed by atoms with Crippen molar-refractivity contribution in [2.24, 2.45) is 0 Å². The second-order valence-corrected chi connectivity index (χ2v) is 5.77. The lowest BCUT2D eigenvalue weighted by Crippen LogP contribution is -2.30. The molecule has 1 aromatic carbocycles. The molecular weight excluding hydrogens is 252 g/mol. The van der Waals surface area contributed by atoms with E-state index in [4.69, 9.17) is 10.3 Å². The van der Waals surface area contributed by atoms with Crippen molar-refractivity contribution in [2.45, 2.75) is 38.3 Å². The molecule has 1 fully saturated rings. The van der Waals surface area contributed by atoms with Crippen LogP contribution in [0.2, 0.25) is 0 Å². The summed E-state index contributed by atoms with van der Waals surface area (Å²) in [5, 5.41) is 4.07. The first-order valence-corrected chi connectivity index (χ1v) is 7.20. The zero-order chi connectivity index (χ0) is 13.5. The first kappa shape index (κ1) is 11.9. The van der Waals surface area contributed by atoms with Crippen molar-refractivity contribution in [1.82, 2.24) is 15.0 Å². The van der Waals surface area contributed by atoms with Crippen LogP contribution in [0.15, 0.2) is 22.7 Å². The van der Waals surface area contributed by atoms with Gasteiger partial charge in [-0.1, -0.05) is 17.3 Å². The predicted molar refractivity (Wildman–Crippen MR) is 74.9 cm³/mol. The normalized spacial score (nSPS) is 19.0. The number of nitrogens with zero attached hydrogens (tertiary/aromatic N) is 3. The SMILES string of the molecule is Nc1cccc2c1CN(Cc1nc(C3CC3)no1)CC2. The number of nitrogen functional groups attached to an aromatic ring is 1. The number of aromatic nitrogens is 2. The Morgan fingerprint density at radius 3 is 3.10 bits per heavy atom. The second-order valence-electron chi connectivity index (χ2n) is 5.77. The molecule has 2 heterocycles. The summed E-state index contributed by atoms with van der Waals surface area (Å²) in [6.45, 7) is 2.59. The first-order valence-electron chi connectivity index (χ1n) is 7.20. The van der Waals surface area contributed by atoms with Gasteiger partial charge in [0.05, 0.1) is 6.54 Å². The molecule has 20 heavy (non-hydrogen) atoms. The number of anilines is 1. The van der Waals surface area contributed by atoms with Crippen LogP contribution >= 0.6 is 0 Å². The van der Waals surface area contributed by atoms with Crippen molar-refractivity contribution in [3.05, 3.63) is 41.0 Å².